The van der Waals surface area contributed by atoms with Gasteiger partial charge in [0.1, 0.15) is 5.60 Å². The van der Waals surface area contributed by atoms with Crippen molar-refractivity contribution in [2.75, 3.05) is 7.05 Å². The van der Waals surface area contributed by atoms with Crippen LogP contribution in [0, 0.1) is 11.3 Å². The molecular weight excluding hydrogens is 453 g/mol. The summed E-state index contributed by atoms with van der Waals surface area (Å²) in [6, 6.07) is 3.41. The summed E-state index contributed by atoms with van der Waals surface area (Å²) in [5.41, 5.74) is -4.43. The Morgan fingerprint density at radius 2 is 1.88 bits per heavy atom. The second kappa shape index (κ2) is 6.61. The third-order valence-corrected chi connectivity index (χ3v) is 7.23. The zero-order valence-electron chi connectivity index (χ0n) is 17.1. The first-order valence-corrected chi connectivity index (χ1v) is 10.9. The largest absolute Gasteiger partial charge is 0.494 e. The number of fused-ring (bicyclic) bond motifs is 5. The molecule has 2 aliphatic heterocycles. The van der Waals surface area contributed by atoms with Gasteiger partial charge in [0.2, 0.25) is 11.8 Å². The maximum Gasteiger partial charge on any atom is 0.417 e. The van der Waals surface area contributed by atoms with E-state index in [1.54, 1.807) is 6.92 Å². The minimum absolute atomic E-state index is 0.0745. The lowest BCUT2D eigenvalue weighted by molar-refractivity contribution is -0.137. The summed E-state index contributed by atoms with van der Waals surface area (Å²) in [6.45, 7) is 3.12. The second-order valence-corrected chi connectivity index (χ2v) is 9.74. The van der Waals surface area contributed by atoms with Crippen LogP contribution in [0.2, 0.25) is 0 Å². The number of ether oxygens (including phenoxy) is 1. The van der Waals surface area contributed by atoms with Crippen molar-refractivity contribution in [2.24, 2.45) is 0 Å². The molecule has 1 aromatic carbocycles. The molecule has 2 unspecified atom stereocenters. The van der Waals surface area contributed by atoms with Crippen LogP contribution >= 0.6 is 0 Å². The molecule has 2 bridgehead atoms. The summed E-state index contributed by atoms with van der Waals surface area (Å²) in [5.74, 6) is -1.12. The molecule has 1 aromatic heterocycles. The van der Waals surface area contributed by atoms with Crippen molar-refractivity contribution >= 4 is 10.2 Å². The van der Waals surface area contributed by atoms with Crippen molar-refractivity contribution in [2.45, 2.75) is 43.7 Å². The zero-order chi connectivity index (χ0) is 23.9. The molecule has 3 atom stereocenters. The van der Waals surface area contributed by atoms with Gasteiger partial charge in [-0.25, -0.2) is 4.72 Å². The molecule has 2 aromatic rings. The van der Waals surface area contributed by atoms with Crippen molar-refractivity contribution in [1.29, 1.82) is 5.26 Å². The minimum Gasteiger partial charge on any atom is -0.494 e. The van der Waals surface area contributed by atoms with Crippen molar-refractivity contribution in [3.8, 4) is 23.5 Å². The molecule has 13 heteroatoms. The Bertz CT molecular complexity index is 1280. The monoisotopic (exact) mass is 472 g/mol. The van der Waals surface area contributed by atoms with Crippen LogP contribution in [-0.4, -0.2) is 36.3 Å². The molecule has 9 nitrogen and oxygen atoms in total. The summed E-state index contributed by atoms with van der Waals surface area (Å²) < 4.78 is 75.7. The lowest BCUT2D eigenvalue weighted by atomic mass is 9.77. The highest BCUT2D eigenvalue weighted by Crippen LogP contribution is 2.64. The standard InChI is InChI=1S/C19H19F3N4O5S/c1-17-7-12(25-32(29,30)24-3)18(2,31-17)14-13(17)15(27)26(16(14)28)10-5-4-9(8-23)11(6-10)19(20,21)22/h4-6,12,24-25,27-28H,7H2,1-3H3/t12-,17?,18?/m1/s1. The predicted octanol–water partition coefficient (Wildman–Crippen LogP) is 2.07. The molecule has 4 rings (SSSR count). The number of nitrogens with zero attached hydrogens (tertiary/aromatic N) is 2. The van der Waals surface area contributed by atoms with Gasteiger partial charge < -0.3 is 14.9 Å². The van der Waals surface area contributed by atoms with Crippen molar-refractivity contribution < 1.29 is 36.5 Å². The van der Waals surface area contributed by atoms with E-state index in [4.69, 9.17) is 10.00 Å². The molecule has 172 valence electrons. The van der Waals surface area contributed by atoms with E-state index in [1.807, 2.05) is 0 Å². The minimum atomic E-state index is -4.83. The number of benzene rings is 1. The van der Waals surface area contributed by atoms with Crippen LogP contribution in [0.5, 0.6) is 11.8 Å². The fourth-order valence-electron chi connectivity index (χ4n) is 4.71. The predicted molar refractivity (Wildman–Crippen MR) is 104 cm³/mol. The van der Waals surface area contributed by atoms with Crippen LogP contribution in [0.25, 0.3) is 5.69 Å². The van der Waals surface area contributed by atoms with E-state index in [0.29, 0.717) is 6.07 Å². The van der Waals surface area contributed by atoms with Crippen LogP contribution in [-0.2, 0) is 32.3 Å². The molecule has 3 heterocycles. The number of aromatic nitrogens is 1. The van der Waals surface area contributed by atoms with Crippen LogP contribution in [0.15, 0.2) is 18.2 Å². The van der Waals surface area contributed by atoms with Crippen LogP contribution in [0.4, 0.5) is 13.2 Å². The van der Waals surface area contributed by atoms with Gasteiger partial charge in [0, 0.05) is 13.5 Å². The van der Waals surface area contributed by atoms with E-state index in [-0.39, 0.29) is 23.2 Å². The maximum atomic E-state index is 13.4. The molecule has 32 heavy (non-hydrogen) atoms. The molecule has 1 saturated heterocycles. The fraction of sp³-hybridized carbons (Fsp3) is 0.421. The molecule has 4 N–H and O–H groups in total. The lowest BCUT2D eigenvalue weighted by Gasteiger charge is -2.29. The zero-order valence-corrected chi connectivity index (χ0v) is 17.9. The number of halogens is 3. The van der Waals surface area contributed by atoms with Crippen molar-refractivity contribution in [3.05, 3.63) is 40.5 Å². The normalized spacial score (nSPS) is 26.8. The van der Waals surface area contributed by atoms with E-state index in [0.717, 1.165) is 16.7 Å². The molecule has 0 amide bonds. The van der Waals surface area contributed by atoms with E-state index < -0.39 is 56.5 Å². The number of nitrogens with one attached hydrogen (secondary N) is 2. The number of aromatic hydroxyl groups is 2. The van der Waals surface area contributed by atoms with Gasteiger partial charge in [-0.2, -0.15) is 31.6 Å². The summed E-state index contributed by atoms with van der Waals surface area (Å²) in [7, 11) is -2.66. The Morgan fingerprint density at radius 1 is 1.25 bits per heavy atom. The molecule has 1 fully saturated rings. The van der Waals surface area contributed by atoms with Crippen LogP contribution in [0.1, 0.15) is 42.5 Å². The number of hydrogen-bond acceptors (Lipinski definition) is 6. The van der Waals surface area contributed by atoms with Gasteiger partial charge in [-0.3, -0.25) is 4.57 Å². The molecule has 0 saturated carbocycles. The van der Waals surface area contributed by atoms with Gasteiger partial charge in [0.25, 0.3) is 10.2 Å². The average molecular weight is 472 g/mol. The number of rotatable bonds is 4. The first-order chi connectivity index (χ1) is 14.7. The van der Waals surface area contributed by atoms with E-state index in [2.05, 4.69) is 9.44 Å². The second-order valence-electron chi connectivity index (χ2n) is 8.09. The average Bonchev–Trinajstić information content (AvgIpc) is 3.21. The highest BCUT2D eigenvalue weighted by Gasteiger charge is 2.65. The smallest absolute Gasteiger partial charge is 0.417 e. The van der Waals surface area contributed by atoms with Gasteiger partial charge in [-0.05, 0) is 32.0 Å². The van der Waals surface area contributed by atoms with Gasteiger partial charge in [0.15, 0.2) is 0 Å². The van der Waals surface area contributed by atoms with Crippen molar-refractivity contribution in [1.82, 2.24) is 14.0 Å². The van der Waals surface area contributed by atoms with Crippen molar-refractivity contribution in [3.63, 3.8) is 0 Å². The van der Waals surface area contributed by atoms with E-state index in [9.17, 15) is 31.8 Å². The van der Waals surface area contributed by atoms with Gasteiger partial charge >= 0.3 is 6.18 Å². The van der Waals surface area contributed by atoms with Gasteiger partial charge in [-0.1, -0.05) is 0 Å². The third-order valence-electron chi connectivity index (χ3n) is 6.10. The summed E-state index contributed by atoms with van der Waals surface area (Å²) in [5, 5.41) is 30.9. The molecule has 0 radical (unpaired) electrons. The highest BCUT2D eigenvalue weighted by molar-refractivity contribution is 7.87. The van der Waals surface area contributed by atoms with Crippen LogP contribution < -0.4 is 9.44 Å². The Morgan fingerprint density at radius 3 is 2.44 bits per heavy atom. The summed E-state index contributed by atoms with van der Waals surface area (Å²) in [4.78, 5) is 0. The van der Waals surface area contributed by atoms with Crippen LogP contribution in [0.3, 0.4) is 0 Å². The van der Waals surface area contributed by atoms with E-state index >= 15 is 0 Å². The quantitative estimate of drug-likeness (QED) is 0.538. The Labute approximate surface area is 181 Å². The SMILES string of the molecule is CNS(=O)(=O)N[C@@H]1CC2(C)OC1(C)c1c2c(O)n(-c2ccc(C#N)c(C(F)(F)F)c2)c1O. The molecule has 0 aliphatic carbocycles. The highest BCUT2D eigenvalue weighted by atomic mass is 32.2. The summed E-state index contributed by atoms with van der Waals surface area (Å²) >= 11 is 0. The van der Waals surface area contributed by atoms with E-state index in [1.165, 1.54) is 20.0 Å². The first kappa shape index (κ1) is 22.4. The van der Waals surface area contributed by atoms with Gasteiger partial charge in [0.05, 0.1) is 45.7 Å². The molecule has 0 spiro atoms. The topological polar surface area (TPSA) is 137 Å². The molecular formula is C19H19F3N4O5S. The Hall–Kier alpha value is -2.79. The Kier molecular flexibility index (Phi) is 4.63. The number of alkyl halides is 3. The Balaban J connectivity index is 1.90. The first-order valence-electron chi connectivity index (χ1n) is 9.39. The maximum absolute atomic E-state index is 13.4. The number of nitriles is 1. The third kappa shape index (κ3) is 2.98. The fourth-order valence-corrected chi connectivity index (χ4v) is 5.51. The number of hydrogen-bond donors (Lipinski definition) is 4. The lowest BCUT2D eigenvalue weighted by Crippen LogP contribution is -2.49. The van der Waals surface area contributed by atoms with Gasteiger partial charge in [-0.15, -0.1) is 0 Å². The molecule has 2 aliphatic rings. The summed E-state index contributed by atoms with van der Waals surface area (Å²) in [6.07, 6.45) is -4.73.